The SMILES string of the molecule is O=C(Nc1ccc(F)cc1)C(=Cc1cccc([N+](=O)[O-])c1)NC(=O)c1cccc(Cl)c1. The van der Waals surface area contributed by atoms with Crippen molar-refractivity contribution < 1.29 is 18.9 Å². The highest BCUT2D eigenvalue weighted by atomic mass is 35.5. The topological polar surface area (TPSA) is 101 Å². The van der Waals surface area contributed by atoms with Crippen molar-refractivity contribution in [3.63, 3.8) is 0 Å². The van der Waals surface area contributed by atoms with Crippen LogP contribution in [-0.2, 0) is 4.79 Å². The molecule has 0 spiro atoms. The Bertz CT molecular complexity index is 1180. The van der Waals surface area contributed by atoms with Gasteiger partial charge in [0.05, 0.1) is 4.92 Å². The second-order valence-corrected chi connectivity index (χ2v) is 6.77. The van der Waals surface area contributed by atoms with Crippen LogP contribution in [0.3, 0.4) is 0 Å². The van der Waals surface area contributed by atoms with E-state index in [2.05, 4.69) is 10.6 Å². The van der Waals surface area contributed by atoms with Crippen molar-refractivity contribution in [1.29, 1.82) is 0 Å². The number of amides is 2. The molecule has 0 saturated heterocycles. The number of anilines is 1. The van der Waals surface area contributed by atoms with Crippen molar-refractivity contribution in [2.75, 3.05) is 5.32 Å². The van der Waals surface area contributed by atoms with E-state index in [1.807, 2.05) is 0 Å². The lowest BCUT2D eigenvalue weighted by Gasteiger charge is -2.11. The summed E-state index contributed by atoms with van der Waals surface area (Å²) in [6.45, 7) is 0. The summed E-state index contributed by atoms with van der Waals surface area (Å²) >= 11 is 5.92. The van der Waals surface area contributed by atoms with Gasteiger partial charge in [0.2, 0.25) is 0 Å². The van der Waals surface area contributed by atoms with Gasteiger partial charge in [0.15, 0.2) is 0 Å². The predicted molar refractivity (Wildman–Crippen MR) is 115 cm³/mol. The van der Waals surface area contributed by atoms with Gasteiger partial charge in [0.1, 0.15) is 11.5 Å². The first-order valence-corrected chi connectivity index (χ1v) is 9.29. The van der Waals surface area contributed by atoms with Crippen LogP contribution >= 0.6 is 11.6 Å². The zero-order chi connectivity index (χ0) is 22.4. The van der Waals surface area contributed by atoms with Crippen LogP contribution in [-0.4, -0.2) is 16.7 Å². The minimum Gasteiger partial charge on any atom is -0.321 e. The number of benzene rings is 3. The summed E-state index contributed by atoms with van der Waals surface area (Å²) in [4.78, 5) is 35.9. The van der Waals surface area contributed by atoms with Crippen LogP contribution in [0.4, 0.5) is 15.8 Å². The molecule has 0 aliphatic carbocycles. The highest BCUT2D eigenvalue weighted by molar-refractivity contribution is 6.31. The lowest BCUT2D eigenvalue weighted by molar-refractivity contribution is -0.384. The van der Waals surface area contributed by atoms with E-state index in [-0.39, 0.29) is 16.9 Å². The smallest absolute Gasteiger partial charge is 0.272 e. The van der Waals surface area contributed by atoms with Crippen molar-refractivity contribution in [3.8, 4) is 0 Å². The standard InChI is InChI=1S/C22H15ClFN3O4/c23-16-5-2-4-15(13-16)21(28)26-20(12-14-3-1-6-19(11-14)27(30)31)22(29)25-18-9-7-17(24)8-10-18/h1-13H,(H,25,29)(H,26,28). The molecule has 3 aromatic carbocycles. The van der Waals surface area contributed by atoms with Gasteiger partial charge in [-0.05, 0) is 54.1 Å². The molecule has 0 saturated carbocycles. The summed E-state index contributed by atoms with van der Waals surface area (Å²) < 4.78 is 13.1. The van der Waals surface area contributed by atoms with Gasteiger partial charge in [-0.15, -0.1) is 0 Å². The number of hydrogen-bond donors (Lipinski definition) is 2. The molecule has 9 heteroatoms. The van der Waals surface area contributed by atoms with Crippen molar-refractivity contribution >= 4 is 40.9 Å². The number of nitro groups is 1. The third-order valence-corrected chi connectivity index (χ3v) is 4.31. The van der Waals surface area contributed by atoms with Gasteiger partial charge < -0.3 is 10.6 Å². The third kappa shape index (κ3) is 5.97. The average molecular weight is 440 g/mol. The molecule has 2 N–H and O–H groups in total. The summed E-state index contributed by atoms with van der Waals surface area (Å²) in [6.07, 6.45) is 1.30. The van der Waals surface area contributed by atoms with Crippen LogP contribution in [0.1, 0.15) is 15.9 Å². The Balaban J connectivity index is 1.93. The second kappa shape index (κ2) is 9.64. The molecule has 0 aliphatic heterocycles. The Morgan fingerprint density at radius 2 is 1.71 bits per heavy atom. The number of rotatable bonds is 6. The maximum atomic E-state index is 13.1. The number of nitrogens with one attached hydrogen (secondary N) is 2. The molecule has 7 nitrogen and oxygen atoms in total. The molecule has 3 aromatic rings. The summed E-state index contributed by atoms with van der Waals surface area (Å²) in [5, 5.41) is 16.4. The van der Waals surface area contributed by atoms with E-state index in [4.69, 9.17) is 11.6 Å². The molecule has 0 unspecified atom stereocenters. The van der Waals surface area contributed by atoms with Crippen LogP contribution in [0, 0.1) is 15.9 Å². The van der Waals surface area contributed by atoms with Gasteiger partial charge in [0.25, 0.3) is 17.5 Å². The van der Waals surface area contributed by atoms with E-state index < -0.39 is 22.6 Å². The number of carbonyl (C=O) groups is 2. The Morgan fingerprint density at radius 1 is 1.00 bits per heavy atom. The lowest BCUT2D eigenvalue weighted by Crippen LogP contribution is -2.30. The Kier molecular flexibility index (Phi) is 6.74. The first-order valence-electron chi connectivity index (χ1n) is 8.92. The monoisotopic (exact) mass is 439 g/mol. The molecule has 0 heterocycles. The third-order valence-electron chi connectivity index (χ3n) is 4.07. The highest BCUT2D eigenvalue weighted by Gasteiger charge is 2.16. The van der Waals surface area contributed by atoms with Crippen LogP contribution in [0.5, 0.6) is 0 Å². The molecule has 3 rings (SSSR count). The molecule has 0 aromatic heterocycles. The normalized spacial score (nSPS) is 11.0. The van der Waals surface area contributed by atoms with E-state index in [1.54, 1.807) is 18.2 Å². The van der Waals surface area contributed by atoms with Gasteiger partial charge in [0, 0.05) is 28.4 Å². The van der Waals surface area contributed by atoms with E-state index >= 15 is 0 Å². The lowest BCUT2D eigenvalue weighted by atomic mass is 10.1. The maximum Gasteiger partial charge on any atom is 0.272 e. The Hall–Kier alpha value is -4.04. The van der Waals surface area contributed by atoms with Crippen molar-refractivity contribution in [3.05, 3.63) is 111 Å². The average Bonchev–Trinajstić information content (AvgIpc) is 2.75. The second-order valence-electron chi connectivity index (χ2n) is 6.34. The molecule has 0 fully saturated rings. The van der Waals surface area contributed by atoms with Crippen molar-refractivity contribution in [2.45, 2.75) is 0 Å². The minimum atomic E-state index is -0.700. The van der Waals surface area contributed by atoms with Gasteiger partial charge in [-0.3, -0.25) is 19.7 Å². The number of nitro benzene ring substituents is 1. The highest BCUT2D eigenvalue weighted by Crippen LogP contribution is 2.17. The van der Waals surface area contributed by atoms with Crippen LogP contribution in [0.25, 0.3) is 6.08 Å². The predicted octanol–water partition coefficient (Wildman–Crippen LogP) is 4.80. The summed E-state index contributed by atoms with van der Waals surface area (Å²) in [5.41, 5.74) is 0.494. The molecule has 0 atom stereocenters. The molecule has 0 aliphatic rings. The van der Waals surface area contributed by atoms with Gasteiger partial charge in [-0.25, -0.2) is 4.39 Å². The van der Waals surface area contributed by atoms with E-state index in [0.717, 1.165) is 0 Å². The van der Waals surface area contributed by atoms with Gasteiger partial charge in [-0.1, -0.05) is 29.8 Å². The molecule has 2 amide bonds. The van der Waals surface area contributed by atoms with Gasteiger partial charge >= 0.3 is 0 Å². The summed E-state index contributed by atoms with van der Waals surface area (Å²) in [7, 11) is 0. The number of hydrogen-bond acceptors (Lipinski definition) is 4. The first-order chi connectivity index (χ1) is 14.8. The quantitative estimate of drug-likeness (QED) is 0.327. The fourth-order valence-corrected chi connectivity index (χ4v) is 2.80. The molecule has 0 radical (unpaired) electrons. The number of carbonyl (C=O) groups excluding carboxylic acids is 2. The zero-order valence-electron chi connectivity index (χ0n) is 15.8. The largest absolute Gasteiger partial charge is 0.321 e. The van der Waals surface area contributed by atoms with Crippen LogP contribution < -0.4 is 10.6 Å². The molecular weight excluding hydrogens is 425 g/mol. The molecule has 31 heavy (non-hydrogen) atoms. The fraction of sp³-hybridized carbons (Fsp3) is 0. The Labute approximate surface area is 181 Å². The van der Waals surface area contributed by atoms with E-state index in [9.17, 15) is 24.1 Å². The van der Waals surface area contributed by atoms with Crippen LogP contribution in [0.15, 0.2) is 78.5 Å². The van der Waals surface area contributed by atoms with E-state index in [1.165, 1.54) is 60.7 Å². The van der Waals surface area contributed by atoms with Crippen molar-refractivity contribution in [1.82, 2.24) is 5.32 Å². The number of nitrogens with zero attached hydrogens (tertiary/aromatic N) is 1. The summed E-state index contributed by atoms with van der Waals surface area (Å²) in [5.74, 6) is -1.78. The zero-order valence-corrected chi connectivity index (χ0v) is 16.6. The Morgan fingerprint density at radius 3 is 2.39 bits per heavy atom. The minimum absolute atomic E-state index is 0.171. The molecule has 156 valence electrons. The van der Waals surface area contributed by atoms with Gasteiger partial charge in [-0.2, -0.15) is 0 Å². The van der Waals surface area contributed by atoms with Crippen molar-refractivity contribution in [2.24, 2.45) is 0 Å². The maximum absolute atomic E-state index is 13.1. The summed E-state index contributed by atoms with van der Waals surface area (Å²) in [6, 6.07) is 16.8. The van der Waals surface area contributed by atoms with Crippen LogP contribution in [0.2, 0.25) is 5.02 Å². The number of non-ortho nitro benzene ring substituents is 1. The number of halogens is 2. The first kappa shape index (κ1) is 21.7. The van der Waals surface area contributed by atoms with E-state index in [0.29, 0.717) is 16.3 Å². The molecular formula is C22H15ClFN3O4. The fourth-order valence-electron chi connectivity index (χ4n) is 2.61. The molecule has 0 bridgehead atoms.